The largest absolute Gasteiger partial charge is 0.342 e. The fourth-order valence-electron chi connectivity index (χ4n) is 2.28. The SMILES string of the molecule is CCN(CC)C(=O)[C@H](C)N(C)[C@H](C)c1ccccc1. The monoisotopic (exact) mass is 262 g/mol. The molecule has 0 saturated heterocycles. The molecule has 0 aliphatic carbocycles. The first-order valence-electron chi connectivity index (χ1n) is 7.08. The minimum Gasteiger partial charge on any atom is -0.342 e. The number of likely N-dealkylation sites (N-methyl/N-ethyl adjacent to an activating group) is 2. The average molecular weight is 262 g/mol. The van der Waals surface area contributed by atoms with Crippen molar-refractivity contribution in [1.29, 1.82) is 0 Å². The Hall–Kier alpha value is -1.35. The van der Waals surface area contributed by atoms with Crippen LogP contribution in [-0.2, 0) is 4.79 Å². The van der Waals surface area contributed by atoms with Crippen LogP contribution in [0.25, 0.3) is 0 Å². The maximum absolute atomic E-state index is 12.4. The number of carbonyl (C=O) groups is 1. The Kier molecular flexibility index (Phi) is 6.03. The third-order valence-electron chi connectivity index (χ3n) is 3.94. The van der Waals surface area contributed by atoms with E-state index in [1.54, 1.807) is 0 Å². The van der Waals surface area contributed by atoms with E-state index in [-0.39, 0.29) is 18.0 Å². The first kappa shape index (κ1) is 15.7. The Balaban J connectivity index is 2.76. The van der Waals surface area contributed by atoms with Crippen molar-refractivity contribution in [3.63, 3.8) is 0 Å². The average Bonchev–Trinajstić information content (AvgIpc) is 2.47. The number of carbonyl (C=O) groups excluding carboxylic acids is 1. The Morgan fingerprint density at radius 1 is 1.11 bits per heavy atom. The van der Waals surface area contributed by atoms with E-state index in [2.05, 4.69) is 24.0 Å². The van der Waals surface area contributed by atoms with Crippen molar-refractivity contribution in [2.24, 2.45) is 0 Å². The highest BCUT2D eigenvalue weighted by molar-refractivity contribution is 5.81. The van der Waals surface area contributed by atoms with E-state index in [0.29, 0.717) is 0 Å². The minimum absolute atomic E-state index is 0.102. The van der Waals surface area contributed by atoms with Gasteiger partial charge in [-0.1, -0.05) is 30.3 Å². The van der Waals surface area contributed by atoms with Gasteiger partial charge in [0.05, 0.1) is 6.04 Å². The van der Waals surface area contributed by atoms with Gasteiger partial charge in [-0.2, -0.15) is 0 Å². The summed E-state index contributed by atoms with van der Waals surface area (Å²) < 4.78 is 0. The molecular formula is C16H26N2O. The van der Waals surface area contributed by atoms with Crippen LogP contribution in [0.3, 0.4) is 0 Å². The predicted molar refractivity (Wildman–Crippen MR) is 80.0 cm³/mol. The predicted octanol–water partition coefficient (Wildman–Crippen LogP) is 2.94. The van der Waals surface area contributed by atoms with Crippen molar-refractivity contribution in [2.45, 2.75) is 39.8 Å². The molecule has 1 amide bonds. The molecule has 0 aromatic heterocycles. The van der Waals surface area contributed by atoms with E-state index in [9.17, 15) is 4.79 Å². The summed E-state index contributed by atoms with van der Waals surface area (Å²) in [6.07, 6.45) is 0. The molecule has 0 fully saturated rings. The maximum Gasteiger partial charge on any atom is 0.239 e. The summed E-state index contributed by atoms with van der Waals surface area (Å²) in [4.78, 5) is 16.4. The van der Waals surface area contributed by atoms with E-state index in [4.69, 9.17) is 0 Å². The van der Waals surface area contributed by atoms with Gasteiger partial charge in [0.2, 0.25) is 5.91 Å². The molecule has 0 radical (unpaired) electrons. The lowest BCUT2D eigenvalue weighted by atomic mass is 10.1. The van der Waals surface area contributed by atoms with Crippen molar-refractivity contribution < 1.29 is 4.79 Å². The van der Waals surface area contributed by atoms with Gasteiger partial charge < -0.3 is 4.90 Å². The Labute approximate surface area is 117 Å². The van der Waals surface area contributed by atoms with Crippen molar-refractivity contribution in [3.8, 4) is 0 Å². The fraction of sp³-hybridized carbons (Fsp3) is 0.562. The Morgan fingerprint density at radius 3 is 2.11 bits per heavy atom. The van der Waals surface area contributed by atoms with E-state index >= 15 is 0 Å². The molecule has 0 saturated carbocycles. The molecule has 3 heteroatoms. The van der Waals surface area contributed by atoms with Crippen LogP contribution in [0.15, 0.2) is 30.3 Å². The van der Waals surface area contributed by atoms with Gasteiger partial charge in [0.1, 0.15) is 0 Å². The molecule has 1 aromatic carbocycles. The van der Waals surface area contributed by atoms with Crippen LogP contribution in [0.4, 0.5) is 0 Å². The number of hydrogen-bond acceptors (Lipinski definition) is 2. The fourth-order valence-corrected chi connectivity index (χ4v) is 2.28. The third kappa shape index (κ3) is 3.80. The number of hydrogen-bond donors (Lipinski definition) is 0. The van der Waals surface area contributed by atoms with Crippen LogP contribution in [0, 0.1) is 0 Å². The second-order valence-corrected chi connectivity index (χ2v) is 4.94. The van der Waals surface area contributed by atoms with Crippen LogP contribution in [-0.4, -0.2) is 41.9 Å². The molecular weight excluding hydrogens is 236 g/mol. The molecule has 0 bridgehead atoms. The van der Waals surface area contributed by atoms with Crippen LogP contribution >= 0.6 is 0 Å². The third-order valence-corrected chi connectivity index (χ3v) is 3.94. The molecule has 2 atom stereocenters. The number of rotatable bonds is 6. The highest BCUT2D eigenvalue weighted by Gasteiger charge is 2.25. The van der Waals surface area contributed by atoms with Gasteiger partial charge in [0.15, 0.2) is 0 Å². The smallest absolute Gasteiger partial charge is 0.239 e. The summed E-state index contributed by atoms with van der Waals surface area (Å²) in [5, 5.41) is 0. The van der Waals surface area contributed by atoms with Gasteiger partial charge in [-0.15, -0.1) is 0 Å². The highest BCUT2D eigenvalue weighted by Crippen LogP contribution is 2.21. The molecule has 0 spiro atoms. The summed E-state index contributed by atoms with van der Waals surface area (Å²) in [5.74, 6) is 0.204. The molecule has 0 aliphatic heterocycles. The standard InChI is InChI=1S/C16H26N2O/c1-6-18(7-2)16(19)14(4)17(5)13(3)15-11-9-8-10-12-15/h8-14H,6-7H2,1-5H3/t13-,14+/m1/s1. The molecule has 0 aliphatic rings. The van der Waals surface area contributed by atoms with Crippen molar-refractivity contribution in [3.05, 3.63) is 35.9 Å². The van der Waals surface area contributed by atoms with Gasteiger partial charge in [-0.25, -0.2) is 0 Å². The van der Waals surface area contributed by atoms with Crippen molar-refractivity contribution in [2.75, 3.05) is 20.1 Å². The van der Waals surface area contributed by atoms with Crippen molar-refractivity contribution >= 4 is 5.91 Å². The lowest BCUT2D eigenvalue weighted by molar-refractivity contribution is -0.136. The second-order valence-electron chi connectivity index (χ2n) is 4.94. The molecule has 19 heavy (non-hydrogen) atoms. The van der Waals surface area contributed by atoms with E-state index in [0.717, 1.165) is 13.1 Å². The Bertz CT molecular complexity index is 387. The van der Waals surface area contributed by atoms with Crippen LogP contribution in [0.1, 0.15) is 39.3 Å². The van der Waals surface area contributed by atoms with Gasteiger partial charge in [-0.05, 0) is 40.3 Å². The zero-order valence-corrected chi connectivity index (χ0v) is 12.8. The minimum atomic E-state index is -0.102. The van der Waals surface area contributed by atoms with Gasteiger partial charge in [0.25, 0.3) is 0 Å². The van der Waals surface area contributed by atoms with Gasteiger partial charge in [-0.3, -0.25) is 9.69 Å². The van der Waals surface area contributed by atoms with Crippen molar-refractivity contribution in [1.82, 2.24) is 9.80 Å². The zero-order chi connectivity index (χ0) is 14.4. The molecule has 0 N–H and O–H groups in total. The maximum atomic E-state index is 12.4. The quantitative estimate of drug-likeness (QED) is 0.787. The first-order valence-corrected chi connectivity index (χ1v) is 7.08. The Morgan fingerprint density at radius 2 is 1.63 bits per heavy atom. The molecule has 1 aromatic rings. The summed E-state index contributed by atoms with van der Waals surface area (Å²) in [5.41, 5.74) is 1.24. The van der Waals surface area contributed by atoms with E-state index in [1.807, 2.05) is 50.9 Å². The lowest BCUT2D eigenvalue weighted by Crippen LogP contribution is -2.46. The summed E-state index contributed by atoms with van der Waals surface area (Å²) >= 11 is 0. The highest BCUT2D eigenvalue weighted by atomic mass is 16.2. The molecule has 3 nitrogen and oxygen atoms in total. The molecule has 1 rings (SSSR count). The summed E-state index contributed by atoms with van der Waals surface area (Å²) in [6, 6.07) is 10.4. The zero-order valence-electron chi connectivity index (χ0n) is 12.8. The topological polar surface area (TPSA) is 23.6 Å². The normalized spacial score (nSPS) is 14.2. The molecule has 106 valence electrons. The summed E-state index contributed by atoms with van der Waals surface area (Å²) in [6.45, 7) is 9.71. The second kappa shape index (κ2) is 7.29. The van der Waals surface area contributed by atoms with Crippen LogP contribution < -0.4 is 0 Å². The molecule has 0 heterocycles. The van der Waals surface area contributed by atoms with Crippen LogP contribution in [0.2, 0.25) is 0 Å². The van der Waals surface area contributed by atoms with Crippen LogP contribution in [0.5, 0.6) is 0 Å². The number of amides is 1. The van der Waals surface area contributed by atoms with E-state index < -0.39 is 0 Å². The van der Waals surface area contributed by atoms with Gasteiger partial charge in [0, 0.05) is 19.1 Å². The van der Waals surface area contributed by atoms with Gasteiger partial charge >= 0.3 is 0 Å². The first-order chi connectivity index (χ1) is 9.02. The summed E-state index contributed by atoms with van der Waals surface area (Å²) in [7, 11) is 2.02. The number of nitrogens with zero attached hydrogens (tertiary/aromatic N) is 2. The lowest BCUT2D eigenvalue weighted by Gasteiger charge is -2.33. The van der Waals surface area contributed by atoms with E-state index in [1.165, 1.54) is 5.56 Å². The number of benzene rings is 1. The molecule has 0 unspecified atom stereocenters.